The van der Waals surface area contributed by atoms with Crippen molar-refractivity contribution in [3.8, 4) is 0 Å². The summed E-state index contributed by atoms with van der Waals surface area (Å²) in [4.78, 5) is 13.1. The Balaban J connectivity index is 1.78. The molecule has 2 fully saturated rings. The van der Waals surface area contributed by atoms with Gasteiger partial charge in [-0.2, -0.15) is 0 Å². The van der Waals surface area contributed by atoms with Crippen molar-refractivity contribution in [1.82, 2.24) is 5.32 Å². The lowest BCUT2D eigenvalue weighted by Crippen LogP contribution is -2.65. The maximum atomic E-state index is 13.1. The molecule has 0 aliphatic carbocycles. The van der Waals surface area contributed by atoms with Gasteiger partial charge in [0.1, 0.15) is 48.8 Å². The van der Waals surface area contributed by atoms with Crippen LogP contribution in [-0.2, 0) is 23.7 Å². The Kier molecular flexibility index (Phi) is 35.5. The highest BCUT2D eigenvalue weighted by atomic mass is 16.7. The van der Waals surface area contributed by atoms with Crippen LogP contribution in [0.15, 0.2) is 12.2 Å². The van der Waals surface area contributed by atoms with E-state index < -0.39 is 86.8 Å². The molecule has 65 heavy (non-hydrogen) atoms. The molecule has 0 aromatic carbocycles. The molecule has 384 valence electrons. The van der Waals surface area contributed by atoms with Crippen molar-refractivity contribution in [2.24, 2.45) is 0 Å². The van der Waals surface area contributed by atoms with Crippen LogP contribution >= 0.6 is 0 Å². The summed E-state index contributed by atoms with van der Waals surface area (Å²) in [5.41, 5.74) is 0. The number of nitrogens with one attached hydrogen (secondary N) is 1. The average molecular weight is 932 g/mol. The monoisotopic (exact) mass is 932 g/mol. The molecule has 1 amide bonds. The standard InChI is InChI=1S/C51H97NO13/c1-3-5-7-9-11-13-14-15-16-17-18-19-20-21-22-23-24-25-27-28-30-32-34-40(55)39(52-43(56)35-33-31-29-26-12-10-8-6-4-2)38-62-50-48(61)46(59)49(42(37-54)64-50)65-51-47(60)45(58)44(57)41(36-53)63-51/h32,34,39-42,44-51,53-55,57-61H,3-31,33,35-38H2,1-2H3,(H,52,56)/b34-32+. The Morgan fingerprint density at radius 2 is 0.954 bits per heavy atom. The van der Waals surface area contributed by atoms with E-state index in [0.29, 0.717) is 6.42 Å². The summed E-state index contributed by atoms with van der Waals surface area (Å²) in [6.45, 7) is 2.77. The maximum absolute atomic E-state index is 13.1. The molecule has 0 bridgehead atoms. The summed E-state index contributed by atoms with van der Waals surface area (Å²) >= 11 is 0. The summed E-state index contributed by atoms with van der Waals surface area (Å²) in [6, 6.07) is -0.907. The molecule has 0 saturated carbocycles. The smallest absolute Gasteiger partial charge is 0.220 e. The van der Waals surface area contributed by atoms with Gasteiger partial charge in [-0.05, 0) is 19.3 Å². The van der Waals surface area contributed by atoms with Gasteiger partial charge >= 0.3 is 0 Å². The van der Waals surface area contributed by atoms with E-state index in [9.17, 15) is 45.6 Å². The van der Waals surface area contributed by atoms with Crippen molar-refractivity contribution in [2.75, 3.05) is 19.8 Å². The Hall–Kier alpha value is -1.27. The van der Waals surface area contributed by atoms with Gasteiger partial charge in [0, 0.05) is 6.42 Å². The molecular formula is C51H97NO13. The van der Waals surface area contributed by atoms with Crippen LogP contribution in [0.2, 0.25) is 0 Å². The molecule has 0 aromatic heterocycles. The fourth-order valence-electron chi connectivity index (χ4n) is 8.88. The SMILES string of the molecule is CCCCCCCCCCCCCCCCCCCCCC/C=C/C(O)C(COC1OC(CO)C(OC2OC(CO)C(O)C(O)C2O)C(O)C1O)NC(=O)CCCCCCCCCCC. The van der Waals surface area contributed by atoms with Gasteiger partial charge in [-0.25, -0.2) is 0 Å². The lowest BCUT2D eigenvalue weighted by atomic mass is 9.97. The van der Waals surface area contributed by atoms with Crippen LogP contribution < -0.4 is 5.32 Å². The molecule has 2 aliphatic heterocycles. The third-order valence-electron chi connectivity index (χ3n) is 13.2. The number of hydrogen-bond acceptors (Lipinski definition) is 13. The Labute approximate surface area is 393 Å². The van der Waals surface area contributed by atoms with Gasteiger partial charge in [0.05, 0.1) is 32.0 Å². The van der Waals surface area contributed by atoms with Crippen LogP contribution in [0, 0.1) is 0 Å². The molecule has 2 heterocycles. The summed E-state index contributed by atoms with van der Waals surface area (Å²) in [5.74, 6) is -0.241. The molecule has 0 radical (unpaired) electrons. The normalized spacial score (nSPS) is 27.0. The second-order valence-corrected chi connectivity index (χ2v) is 19.0. The number of carbonyl (C=O) groups excluding carboxylic acids is 1. The lowest BCUT2D eigenvalue weighted by Gasteiger charge is -2.46. The van der Waals surface area contributed by atoms with Crippen molar-refractivity contribution in [1.29, 1.82) is 0 Å². The van der Waals surface area contributed by atoms with E-state index >= 15 is 0 Å². The number of ether oxygens (including phenoxy) is 4. The van der Waals surface area contributed by atoms with E-state index in [1.165, 1.54) is 148 Å². The molecule has 9 N–H and O–H groups in total. The van der Waals surface area contributed by atoms with Crippen LogP contribution in [0.1, 0.15) is 213 Å². The topological polar surface area (TPSA) is 228 Å². The minimum absolute atomic E-state index is 0.241. The van der Waals surface area contributed by atoms with Gasteiger partial charge in [-0.15, -0.1) is 0 Å². The predicted octanol–water partition coefficient (Wildman–Crippen LogP) is 7.16. The molecule has 2 rings (SSSR count). The molecule has 14 heteroatoms. The van der Waals surface area contributed by atoms with Crippen LogP contribution in [0.25, 0.3) is 0 Å². The zero-order valence-corrected chi connectivity index (χ0v) is 40.7. The minimum Gasteiger partial charge on any atom is -0.394 e. The Morgan fingerprint density at radius 1 is 0.538 bits per heavy atom. The molecule has 0 spiro atoms. The number of hydrogen-bond donors (Lipinski definition) is 9. The quantitative estimate of drug-likeness (QED) is 0.0219. The zero-order valence-electron chi connectivity index (χ0n) is 40.7. The van der Waals surface area contributed by atoms with Crippen molar-refractivity contribution in [2.45, 2.75) is 286 Å². The van der Waals surface area contributed by atoms with E-state index in [1.807, 2.05) is 6.08 Å². The first-order chi connectivity index (χ1) is 31.6. The summed E-state index contributed by atoms with van der Waals surface area (Å²) in [6.07, 6.45) is 24.1. The van der Waals surface area contributed by atoms with Gasteiger partial charge in [-0.3, -0.25) is 4.79 Å². The van der Waals surface area contributed by atoms with Crippen molar-refractivity contribution in [3.05, 3.63) is 12.2 Å². The van der Waals surface area contributed by atoms with E-state index in [1.54, 1.807) is 6.08 Å². The number of aliphatic hydroxyl groups is 8. The van der Waals surface area contributed by atoms with Gasteiger partial charge in [0.15, 0.2) is 12.6 Å². The molecular weight excluding hydrogens is 835 g/mol. The summed E-state index contributed by atoms with van der Waals surface area (Å²) < 4.78 is 22.7. The lowest BCUT2D eigenvalue weighted by molar-refractivity contribution is -0.359. The number of aliphatic hydroxyl groups excluding tert-OH is 8. The van der Waals surface area contributed by atoms with E-state index in [-0.39, 0.29) is 18.9 Å². The largest absolute Gasteiger partial charge is 0.394 e. The van der Waals surface area contributed by atoms with Gasteiger partial charge < -0.3 is 65.1 Å². The third kappa shape index (κ3) is 25.8. The van der Waals surface area contributed by atoms with Crippen LogP contribution in [0.3, 0.4) is 0 Å². The fraction of sp³-hybridized carbons (Fsp3) is 0.941. The molecule has 2 saturated heterocycles. The number of amides is 1. The number of allylic oxidation sites excluding steroid dienone is 1. The maximum Gasteiger partial charge on any atom is 0.220 e. The van der Waals surface area contributed by atoms with Gasteiger partial charge in [0.2, 0.25) is 5.91 Å². The third-order valence-corrected chi connectivity index (χ3v) is 13.2. The van der Waals surface area contributed by atoms with E-state index in [0.717, 1.165) is 38.5 Å². The molecule has 12 unspecified atom stereocenters. The van der Waals surface area contributed by atoms with E-state index in [2.05, 4.69) is 19.2 Å². The average Bonchev–Trinajstić information content (AvgIpc) is 3.30. The molecule has 0 aromatic rings. The zero-order chi connectivity index (χ0) is 47.5. The first kappa shape index (κ1) is 59.9. The second kappa shape index (κ2) is 38.6. The highest BCUT2D eigenvalue weighted by Crippen LogP contribution is 2.30. The fourth-order valence-corrected chi connectivity index (χ4v) is 8.88. The summed E-state index contributed by atoms with van der Waals surface area (Å²) in [7, 11) is 0. The van der Waals surface area contributed by atoms with E-state index in [4.69, 9.17) is 18.9 Å². The van der Waals surface area contributed by atoms with Crippen LogP contribution in [-0.4, -0.2) is 140 Å². The molecule has 14 nitrogen and oxygen atoms in total. The minimum atomic E-state index is -1.78. The number of unbranched alkanes of at least 4 members (excludes halogenated alkanes) is 28. The highest BCUT2D eigenvalue weighted by Gasteiger charge is 2.51. The first-order valence-electron chi connectivity index (χ1n) is 26.4. The summed E-state index contributed by atoms with van der Waals surface area (Å²) in [5, 5.41) is 86.6. The second-order valence-electron chi connectivity index (χ2n) is 19.0. The molecule has 2 aliphatic rings. The predicted molar refractivity (Wildman–Crippen MR) is 254 cm³/mol. The number of rotatable bonds is 41. The van der Waals surface area contributed by atoms with Crippen molar-refractivity contribution in [3.63, 3.8) is 0 Å². The van der Waals surface area contributed by atoms with Crippen LogP contribution in [0.5, 0.6) is 0 Å². The van der Waals surface area contributed by atoms with Crippen molar-refractivity contribution >= 4 is 5.91 Å². The van der Waals surface area contributed by atoms with Crippen LogP contribution in [0.4, 0.5) is 0 Å². The number of carbonyl (C=O) groups is 1. The molecule has 12 atom stereocenters. The van der Waals surface area contributed by atoms with Crippen molar-refractivity contribution < 1.29 is 64.6 Å². The highest BCUT2D eigenvalue weighted by molar-refractivity contribution is 5.76. The first-order valence-corrected chi connectivity index (χ1v) is 26.4. The Bertz CT molecular complexity index is 1150. The van der Waals surface area contributed by atoms with Gasteiger partial charge in [-0.1, -0.05) is 199 Å². The Morgan fingerprint density at radius 3 is 1.42 bits per heavy atom. The van der Waals surface area contributed by atoms with Gasteiger partial charge in [0.25, 0.3) is 0 Å².